The molecule has 0 spiro atoms. The maximum Gasteiger partial charge on any atom is 0.292 e. The van der Waals surface area contributed by atoms with Crippen LogP contribution in [-0.2, 0) is 6.42 Å². The second-order valence-electron chi connectivity index (χ2n) is 7.72. The Kier molecular flexibility index (Phi) is 5.42. The number of hydrogen-bond acceptors (Lipinski definition) is 7. The number of carbonyl (C=O) groups is 1. The summed E-state index contributed by atoms with van der Waals surface area (Å²) in [5, 5.41) is 7.84. The Labute approximate surface area is 169 Å². The van der Waals surface area contributed by atoms with Crippen molar-refractivity contribution >= 4 is 5.91 Å². The molecule has 0 aliphatic carbocycles. The molecule has 0 saturated carbocycles. The van der Waals surface area contributed by atoms with Gasteiger partial charge in [0.2, 0.25) is 5.76 Å². The van der Waals surface area contributed by atoms with Gasteiger partial charge >= 0.3 is 0 Å². The minimum Gasteiger partial charge on any atom is -0.361 e. The molecule has 0 radical (unpaired) electrons. The average molecular weight is 395 g/mol. The van der Waals surface area contributed by atoms with E-state index in [0.29, 0.717) is 18.2 Å². The summed E-state index contributed by atoms with van der Waals surface area (Å²) in [7, 11) is 0. The highest BCUT2D eigenvalue weighted by Gasteiger charge is 2.24. The standard InChI is InChI=1S/C21H25N5O3/c1-13-9-19(29-24-13)21(27)26-7-4-5-16(6-8-26)10-17-11-18(23-12-22-17)20-14(2)25-28-15(20)3/h9,11-12,16H,4-8,10H2,1-3H3. The van der Waals surface area contributed by atoms with Crippen LogP contribution in [0.1, 0.15) is 52.7 Å². The lowest BCUT2D eigenvalue weighted by Crippen LogP contribution is -2.31. The van der Waals surface area contributed by atoms with Crippen LogP contribution < -0.4 is 0 Å². The molecule has 3 aromatic heterocycles. The molecule has 1 amide bonds. The van der Waals surface area contributed by atoms with E-state index in [-0.39, 0.29) is 5.91 Å². The van der Waals surface area contributed by atoms with E-state index in [1.807, 2.05) is 31.7 Å². The summed E-state index contributed by atoms with van der Waals surface area (Å²) >= 11 is 0. The SMILES string of the molecule is Cc1cc(C(=O)N2CCCC(Cc3cc(-c4c(C)noc4C)ncn3)CC2)on1. The highest BCUT2D eigenvalue weighted by molar-refractivity contribution is 5.91. The average Bonchev–Trinajstić information content (AvgIpc) is 3.20. The van der Waals surface area contributed by atoms with Crippen molar-refractivity contribution in [3.05, 3.63) is 47.1 Å². The predicted molar refractivity (Wildman–Crippen MR) is 105 cm³/mol. The Morgan fingerprint density at radius 2 is 1.97 bits per heavy atom. The summed E-state index contributed by atoms with van der Waals surface area (Å²) < 4.78 is 10.4. The van der Waals surface area contributed by atoms with Crippen LogP contribution in [0.25, 0.3) is 11.3 Å². The van der Waals surface area contributed by atoms with E-state index in [9.17, 15) is 4.79 Å². The summed E-state index contributed by atoms with van der Waals surface area (Å²) in [6, 6.07) is 3.72. The van der Waals surface area contributed by atoms with Crippen LogP contribution in [0.2, 0.25) is 0 Å². The van der Waals surface area contributed by atoms with Gasteiger partial charge in [-0.25, -0.2) is 9.97 Å². The normalized spacial score (nSPS) is 17.3. The summed E-state index contributed by atoms with van der Waals surface area (Å²) in [5.41, 5.74) is 4.34. The lowest BCUT2D eigenvalue weighted by Gasteiger charge is -2.19. The fourth-order valence-electron chi connectivity index (χ4n) is 3.98. The van der Waals surface area contributed by atoms with Gasteiger partial charge in [0, 0.05) is 24.8 Å². The third-order valence-corrected chi connectivity index (χ3v) is 5.48. The van der Waals surface area contributed by atoms with Gasteiger partial charge in [0.15, 0.2) is 0 Å². The Bertz CT molecular complexity index is 990. The molecule has 1 unspecified atom stereocenters. The Balaban J connectivity index is 1.42. The van der Waals surface area contributed by atoms with E-state index >= 15 is 0 Å². The van der Waals surface area contributed by atoms with Crippen molar-refractivity contribution in [2.75, 3.05) is 13.1 Å². The number of rotatable bonds is 4. The molecule has 1 fully saturated rings. The van der Waals surface area contributed by atoms with Gasteiger partial charge in [-0.15, -0.1) is 0 Å². The highest BCUT2D eigenvalue weighted by atomic mass is 16.5. The van der Waals surface area contributed by atoms with Crippen molar-refractivity contribution in [1.82, 2.24) is 25.2 Å². The summed E-state index contributed by atoms with van der Waals surface area (Å²) in [5.74, 6) is 1.48. The Morgan fingerprint density at radius 1 is 1.10 bits per heavy atom. The fourth-order valence-corrected chi connectivity index (χ4v) is 3.98. The number of nitrogens with zero attached hydrogens (tertiary/aromatic N) is 5. The second kappa shape index (κ2) is 8.14. The van der Waals surface area contributed by atoms with E-state index in [1.165, 1.54) is 0 Å². The van der Waals surface area contributed by atoms with Crippen LogP contribution in [0.15, 0.2) is 27.5 Å². The van der Waals surface area contributed by atoms with E-state index < -0.39 is 0 Å². The van der Waals surface area contributed by atoms with E-state index in [0.717, 1.165) is 66.3 Å². The van der Waals surface area contributed by atoms with Crippen molar-refractivity contribution in [3.8, 4) is 11.3 Å². The quantitative estimate of drug-likeness (QED) is 0.666. The van der Waals surface area contributed by atoms with Crippen LogP contribution in [0.3, 0.4) is 0 Å². The zero-order valence-electron chi connectivity index (χ0n) is 17.0. The molecule has 0 aromatic carbocycles. The van der Waals surface area contributed by atoms with Crippen molar-refractivity contribution in [2.24, 2.45) is 5.92 Å². The van der Waals surface area contributed by atoms with Gasteiger partial charge < -0.3 is 13.9 Å². The van der Waals surface area contributed by atoms with Crippen molar-refractivity contribution < 1.29 is 13.8 Å². The smallest absolute Gasteiger partial charge is 0.292 e. The number of aryl methyl sites for hydroxylation is 3. The summed E-state index contributed by atoms with van der Waals surface area (Å²) in [4.78, 5) is 23.4. The van der Waals surface area contributed by atoms with Crippen molar-refractivity contribution in [2.45, 2.75) is 46.5 Å². The lowest BCUT2D eigenvalue weighted by molar-refractivity contribution is 0.0718. The van der Waals surface area contributed by atoms with Crippen molar-refractivity contribution in [3.63, 3.8) is 0 Å². The molecular formula is C21H25N5O3. The molecule has 4 rings (SSSR count). The van der Waals surface area contributed by atoms with Crippen LogP contribution in [0.4, 0.5) is 0 Å². The van der Waals surface area contributed by atoms with Gasteiger partial charge in [0.25, 0.3) is 5.91 Å². The van der Waals surface area contributed by atoms with Crippen molar-refractivity contribution in [1.29, 1.82) is 0 Å². The number of aromatic nitrogens is 4. The van der Waals surface area contributed by atoms with Crippen LogP contribution in [0, 0.1) is 26.7 Å². The van der Waals surface area contributed by atoms with Crippen LogP contribution >= 0.6 is 0 Å². The summed E-state index contributed by atoms with van der Waals surface area (Å²) in [6.07, 6.45) is 5.43. The molecule has 152 valence electrons. The molecule has 1 saturated heterocycles. The third kappa shape index (κ3) is 4.21. The van der Waals surface area contributed by atoms with Crippen LogP contribution in [-0.4, -0.2) is 44.2 Å². The first kappa shape index (κ1) is 19.3. The topological polar surface area (TPSA) is 98.2 Å². The summed E-state index contributed by atoms with van der Waals surface area (Å²) in [6.45, 7) is 7.08. The molecule has 0 bridgehead atoms. The fraction of sp³-hybridized carbons (Fsp3) is 0.476. The van der Waals surface area contributed by atoms with Gasteiger partial charge in [-0.3, -0.25) is 4.79 Å². The zero-order valence-corrected chi connectivity index (χ0v) is 17.0. The largest absolute Gasteiger partial charge is 0.361 e. The van der Waals surface area contributed by atoms with E-state index in [1.54, 1.807) is 12.4 Å². The molecule has 8 heteroatoms. The zero-order chi connectivity index (χ0) is 20.4. The van der Waals surface area contributed by atoms with E-state index in [4.69, 9.17) is 9.05 Å². The Hall–Kier alpha value is -3.03. The molecule has 1 aliphatic rings. The minimum atomic E-state index is -0.0750. The Morgan fingerprint density at radius 3 is 2.69 bits per heavy atom. The third-order valence-electron chi connectivity index (χ3n) is 5.48. The second-order valence-corrected chi connectivity index (χ2v) is 7.72. The maximum atomic E-state index is 12.6. The van der Waals surface area contributed by atoms with Crippen LogP contribution in [0.5, 0.6) is 0 Å². The molecule has 0 N–H and O–H groups in total. The first-order valence-corrected chi connectivity index (χ1v) is 9.98. The monoisotopic (exact) mass is 395 g/mol. The molecule has 4 heterocycles. The lowest BCUT2D eigenvalue weighted by atomic mass is 9.94. The minimum absolute atomic E-state index is 0.0750. The molecular weight excluding hydrogens is 370 g/mol. The number of carbonyl (C=O) groups excluding carboxylic acids is 1. The molecule has 3 aromatic rings. The van der Waals surface area contributed by atoms with Gasteiger partial charge in [0.05, 0.1) is 22.6 Å². The van der Waals surface area contributed by atoms with E-state index in [2.05, 4.69) is 20.3 Å². The maximum absolute atomic E-state index is 12.6. The number of amides is 1. The van der Waals surface area contributed by atoms with Gasteiger partial charge in [-0.2, -0.15) is 0 Å². The molecule has 1 aliphatic heterocycles. The number of likely N-dealkylation sites (tertiary alicyclic amines) is 1. The van der Waals surface area contributed by atoms with Gasteiger partial charge in [-0.05, 0) is 58.4 Å². The molecule has 29 heavy (non-hydrogen) atoms. The first-order valence-electron chi connectivity index (χ1n) is 9.98. The van der Waals surface area contributed by atoms with Gasteiger partial charge in [-0.1, -0.05) is 10.3 Å². The molecule has 8 nitrogen and oxygen atoms in total. The molecule has 1 atom stereocenters. The highest BCUT2D eigenvalue weighted by Crippen LogP contribution is 2.27. The predicted octanol–water partition coefficient (Wildman–Crippen LogP) is 3.53. The number of hydrogen-bond donors (Lipinski definition) is 0. The van der Waals surface area contributed by atoms with Gasteiger partial charge in [0.1, 0.15) is 12.1 Å². The first-order chi connectivity index (χ1) is 14.0.